The van der Waals surface area contributed by atoms with E-state index in [1.54, 1.807) is 11.8 Å². The first kappa shape index (κ1) is 18.1. The van der Waals surface area contributed by atoms with Crippen LogP contribution >= 0.6 is 11.8 Å². The van der Waals surface area contributed by atoms with Gasteiger partial charge < -0.3 is 10.6 Å². The Labute approximate surface area is 158 Å². The molecule has 3 rings (SSSR count). The van der Waals surface area contributed by atoms with Crippen LogP contribution in [-0.4, -0.2) is 12.6 Å². The monoisotopic (exact) mass is 362 g/mol. The molecule has 3 nitrogen and oxygen atoms in total. The van der Waals surface area contributed by atoms with Crippen LogP contribution in [-0.2, 0) is 6.42 Å². The molecule has 4 heteroatoms. The molecule has 0 aliphatic heterocycles. The molecule has 0 bridgehead atoms. The van der Waals surface area contributed by atoms with Gasteiger partial charge in [-0.05, 0) is 43.2 Å². The minimum atomic E-state index is -0.182. The molecule has 2 amide bonds. The summed E-state index contributed by atoms with van der Waals surface area (Å²) in [5.41, 5.74) is 3.28. The fourth-order valence-corrected chi connectivity index (χ4v) is 3.55. The molecule has 0 fully saturated rings. The summed E-state index contributed by atoms with van der Waals surface area (Å²) in [5.74, 6) is 0. The van der Waals surface area contributed by atoms with Gasteiger partial charge in [-0.2, -0.15) is 0 Å². The van der Waals surface area contributed by atoms with Crippen molar-refractivity contribution in [2.75, 3.05) is 11.9 Å². The van der Waals surface area contributed by atoms with Crippen molar-refractivity contribution in [3.05, 3.63) is 90.0 Å². The Balaban J connectivity index is 1.56. The zero-order valence-electron chi connectivity index (χ0n) is 14.7. The number of carbonyl (C=O) groups excluding carboxylic acids is 1. The average Bonchev–Trinajstić information content (AvgIpc) is 2.64. The Morgan fingerprint density at radius 1 is 0.923 bits per heavy atom. The molecule has 0 heterocycles. The fraction of sp³-hybridized carbons (Fsp3) is 0.136. The summed E-state index contributed by atoms with van der Waals surface area (Å²) in [4.78, 5) is 14.4. The number of rotatable bonds is 6. The number of amides is 2. The van der Waals surface area contributed by atoms with Crippen molar-refractivity contribution in [3.8, 4) is 0 Å². The lowest BCUT2D eigenvalue weighted by molar-refractivity contribution is 0.252. The predicted molar refractivity (Wildman–Crippen MR) is 109 cm³/mol. The number of benzene rings is 3. The van der Waals surface area contributed by atoms with Gasteiger partial charge in [-0.15, -0.1) is 0 Å². The maximum Gasteiger partial charge on any atom is 0.319 e. The van der Waals surface area contributed by atoms with E-state index in [-0.39, 0.29) is 6.03 Å². The van der Waals surface area contributed by atoms with E-state index in [1.807, 2.05) is 48.5 Å². The molecule has 2 N–H and O–H groups in total. The van der Waals surface area contributed by atoms with Gasteiger partial charge in [0, 0.05) is 16.3 Å². The summed E-state index contributed by atoms with van der Waals surface area (Å²) in [6.45, 7) is 2.67. The van der Waals surface area contributed by atoms with E-state index in [0.717, 1.165) is 21.9 Å². The number of anilines is 1. The molecule has 0 aliphatic rings. The van der Waals surface area contributed by atoms with Gasteiger partial charge in [-0.3, -0.25) is 0 Å². The lowest BCUT2D eigenvalue weighted by Gasteiger charge is -2.12. The average molecular weight is 362 g/mol. The van der Waals surface area contributed by atoms with Crippen molar-refractivity contribution in [1.29, 1.82) is 0 Å². The number of aryl methyl sites for hydroxylation is 1. The SMILES string of the molecule is Cc1cccc(CCNC(=O)Nc2ccccc2Sc2ccccc2)c1. The van der Waals surface area contributed by atoms with Gasteiger partial charge in [0.1, 0.15) is 0 Å². The highest BCUT2D eigenvalue weighted by Crippen LogP contribution is 2.33. The van der Waals surface area contributed by atoms with Crippen molar-refractivity contribution < 1.29 is 4.79 Å². The minimum absolute atomic E-state index is 0.182. The number of hydrogen-bond donors (Lipinski definition) is 2. The number of urea groups is 1. The Hall–Kier alpha value is -2.72. The van der Waals surface area contributed by atoms with Crippen molar-refractivity contribution in [1.82, 2.24) is 5.32 Å². The van der Waals surface area contributed by atoms with Crippen LogP contribution in [0.15, 0.2) is 88.7 Å². The number of nitrogens with one attached hydrogen (secondary N) is 2. The first-order chi connectivity index (χ1) is 12.7. The van der Waals surface area contributed by atoms with Crippen LogP contribution in [0.5, 0.6) is 0 Å². The molecule has 3 aromatic rings. The summed E-state index contributed by atoms with van der Waals surface area (Å²) in [6, 6.07) is 26.1. The molecule has 132 valence electrons. The second kappa shape index (κ2) is 9.11. The minimum Gasteiger partial charge on any atom is -0.338 e. The molecule has 0 saturated carbocycles. The molecule has 0 aromatic heterocycles. The second-order valence-electron chi connectivity index (χ2n) is 6.03. The third-order valence-corrected chi connectivity index (χ3v) is 4.97. The molecule has 26 heavy (non-hydrogen) atoms. The topological polar surface area (TPSA) is 41.1 Å². The lowest BCUT2D eigenvalue weighted by atomic mass is 10.1. The van der Waals surface area contributed by atoms with E-state index in [9.17, 15) is 4.79 Å². The first-order valence-electron chi connectivity index (χ1n) is 8.63. The highest BCUT2D eigenvalue weighted by Gasteiger charge is 2.07. The Morgan fingerprint density at radius 3 is 2.50 bits per heavy atom. The molecule has 0 atom stereocenters. The lowest BCUT2D eigenvalue weighted by Crippen LogP contribution is -2.30. The van der Waals surface area contributed by atoms with Crippen LogP contribution in [0.25, 0.3) is 0 Å². The van der Waals surface area contributed by atoms with Crippen molar-refractivity contribution in [2.45, 2.75) is 23.1 Å². The van der Waals surface area contributed by atoms with Gasteiger partial charge in [-0.1, -0.05) is 71.9 Å². The van der Waals surface area contributed by atoms with Crippen LogP contribution in [0.2, 0.25) is 0 Å². The van der Waals surface area contributed by atoms with Crippen LogP contribution in [0.1, 0.15) is 11.1 Å². The van der Waals surface area contributed by atoms with Crippen molar-refractivity contribution in [2.24, 2.45) is 0 Å². The molecule has 3 aromatic carbocycles. The molecule has 0 unspecified atom stereocenters. The van der Waals surface area contributed by atoms with E-state index in [0.29, 0.717) is 6.54 Å². The fourth-order valence-electron chi connectivity index (χ4n) is 2.63. The molecule has 0 radical (unpaired) electrons. The first-order valence-corrected chi connectivity index (χ1v) is 9.45. The summed E-state index contributed by atoms with van der Waals surface area (Å²) in [6.07, 6.45) is 0.815. The van der Waals surface area contributed by atoms with Crippen molar-refractivity contribution in [3.63, 3.8) is 0 Å². The van der Waals surface area contributed by atoms with Gasteiger partial charge >= 0.3 is 6.03 Å². The van der Waals surface area contributed by atoms with E-state index < -0.39 is 0 Å². The summed E-state index contributed by atoms with van der Waals surface area (Å²) >= 11 is 1.64. The third kappa shape index (κ3) is 5.39. The predicted octanol–water partition coefficient (Wildman–Crippen LogP) is 5.51. The van der Waals surface area contributed by atoms with E-state index in [1.165, 1.54) is 11.1 Å². The van der Waals surface area contributed by atoms with E-state index in [4.69, 9.17) is 0 Å². The molecule has 0 aliphatic carbocycles. The highest BCUT2D eigenvalue weighted by atomic mass is 32.2. The van der Waals surface area contributed by atoms with E-state index >= 15 is 0 Å². The normalized spacial score (nSPS) is 10.3. The molecular weight excluding hydrogens is 340 g/mol. The maximum atomic E-state index is 12.2. The Morgan fingerprint density at radius 2 is 1.69 bits per heavy atom. The van der Waals surface area contributed by atoms with Crippen LogP contribution < -0.4 is 10.6 Å². The molecular formula is C22H22N2OS. The second-order valence-corrected chi connectivity index (χ2v) is 7.15. The summed E-state index contributed by atoms with van der Waals surface area (Å²) in [7, 11) is 0. The summed E-state index contributed by atoms with van der Waals surface area (Å²) in [5, 5.41) is 5.89. The van der Waals surface area contributed by atoms with Gasteiger partial charge in [0.25, 0.3) is 0 Å². The van der Waals surface area contributed by atoms with E-state index in [2.05, 4.69) is 47.9 Å². The Kier molecular flexibility index (Phi) is 6.34. The zero-order valence-corrected chi connectivity index (χ0v) is 15.6. The highest BCUT2D eigenvalue weighted by molar-refractivity contribution is 7.99. The van der Waals surface area contributed by atoms with Gasteiger partial charge in [0.15, 0.2) is 0 Å². The summed E-state index contributed by atoms with van der Waals surface area (Å²) < 4.78 is 0. The third-order valence-electron chi connectivity index (χ3n) is 3.89. The van der Waals surface area contributed by atoms with Crippen LogP contribution in [0.3, 0.4) is 0 Å². The number of para-hydroxylation sites is 1. The van der Waals surface area contributed by atoms with Gasteiger partial charge in [-0.25, -0.2) is 4.79 Å². The molecule has 0 saturated heterocycles. The zero-order chi connectivity index (χ0) is 18.2. The largest absolute Gasteiger partial charge is 0.338 e. The molecule has 0 spiro atoms. The van der Waals surface area contributed by atoms with Crippen LogP contribution in [0.4, 0.5) is 10.5 Å². The smallest absolute Gasteiger partial charge is 0.319 e. The van der Waals surface area contributed by atoms with Gasteiger partial charge in [0.05, 0.1) is 5.69 Å². The number of carbonyl (C=O) groups is 1. The standard InChI is InChI=1S/C22H22N2OS/c1-17-8-7-9-18(16-17)14-15-23-22(25)24-20-12-5-6-13-21(20)26-19-10-3-2-4-11-19/h2-13,16H,14-15H2,1H3,(H2,23,24,25). The van der Waals surface area contributed by atoms with Crippen LogP contribution in [0, 0.1) is 6.92 Å². The maximum absolute atomic E-state index is 12.2. The number of hydrogen-bond acceptors (Lipinski definition) is 2. The Bertz CT molecular complexity index is 865. The quantitative estimate of drug-likeness (QED) is 0.607. The van der Waals surface area contributed by atoms with Gasteiger partial charge in [0.2, 0.25) is 0 Å². The van der Waals surface area contributed by atoms with Crippen molar-refractivity contribution >= 4 is 23.5 Å².